The second-order valence-electron chi connectivity index (χ2n) is 9.56. The molecule has 0 radical (unpaired) electrons. The highest BCUT2D eigenvalue weighted by Crippen LogP contribution is 2.19. The first-order chi connectivity index (χ1) is 15.8. The first-order valence-corrected chi connectivity index (χ1v) is 13.8. The maximum absolute atomic E-state index is 4.48. The SMILES string of the molecule is CCCCCCCCCCCCc1ccc(-c2ccc(CCCCCCCC)nn2)cc1. The first kappa shape index (κ1) is 26.6. The van der Waals surface area contributed by atoms with Crippen molar-refractivity contribution in [3.05, 3.63) is 47.7 Å². The van der Waals surface area contributed by atoms with E-state index in [4.69, 9.17) is 0 Å². The molecule has 0 aliphatic rings. The fourth-order valence-electron chi connectivity index (χ4n) is 4.39. The molecule has 2 heteroatoms. The van der Waals surface area contributed by atoms with Gasteiger partial charge in [-0.25, -0.2) is 0 Å². The lowest BCUT2D eigenvalue weighted by Gasteiger charge is -2.06. The van der Waals surface area contributed by atoms with Gasteiger partial charge in [-0.1, -0.05) is 128 Å². The third-order valence-corrected chi connectivity index (χ3v) is 6.57. The third-order valence-electron chi connectivity index (χ3n) is 6.57. The van der Waals surface area contributed by atoms with Gasteiger partial charge in [-0.2, -0.15) is 10.2 Å². The Hall–Kier alpha value is -1.70. The molecule has 1 heterocycles. The molecule has 1 aromatic heterocycles. The normalized spacial score (nSPS) is 11.2. The second kappa shape index (κ2) is 17.8. The van der Waals surface area contributed by atoms with Crippen molar-refractivity contribution in [2.24, 2.45) is 0 Å². The summed E-state index contributed by atoms with van der Waals surface area (Å²) in [7, 11) is 0. The van der Waals surface area contributed by atoms with Gasteiger partial charge in [-0.05, 0) is 43.4 Å². The molecular weight excluding hydrogens is 388 g/mol. The van der Waals surface area contributed by atoms with Crippen LogP contribution in [0, 0.1) is 0 Å². The van der Waals surface area contributed by atoms with E-state index in [1.54, 1.807) is 0 Å². The summed E-state index contributed by atoms with van der Waals surface area (Å²) in [5, 5.41) is 8.95. The van der Waals surface area contributed by atoms with Gasteiger partial charge in [0.2, 0.25) is 0 Å². The standard InChI is InChI=1S/C30H48N2/c1-3-5-7-9-11-12-13-14-15-17-19-27-21-23-28(24-22-27)30-26-25-29(31-32-30)20-18-16-10-8-6-4-2/h21-26H,3-20H2,1-2H3. The zero-order valence-corrected chi connectivity index (χ0v) is 21.1. The molecule has 0 amide bonds. The van der Waals surface area contributed by atoms with Crippen LogP contribution in [0.2, 0.25) is 0 Å². The highest BCUT2D eigenvalue weighted by Gasteiger charge is 2.03. The Labute approximate surface area is 198 Å². The van der Waals surface area contributed by atoms with E-state index in [1.807, 2.05) is 0 Å². The van der Waals surface area contributed by atoms with Gasteiger partial charge in [-0.15, -0.1) is 0 Å². The summed E-state index contributed by atoms with van der Waals surface area (Å²) in [5.74, 6) is 0. The van der Waals surface area contributed by atoms with E-state index in [0.29, 0.717) is 0 Å². The summed E-state index contributed by atoms with van der Waals surface area (Å²) in [5.41, 5.74) is 4.74. The van der Waals surface area contributed by atoms with Crippen molar-refractivity contribution in [3.63, 3.8) is 0 Å². The molecule has 2 nitrogen and oxygen atoms in total. The van der Waals surface area contributed by atoms with E-state index >= 15 is 0 Å². The highest BCUT2D eigenvalue weighted by molar-refractivity contribution is 5.58. The number of hydrogen-bond donors (Lipinski definition) is 0. The van der Waals surface area contributed by atoms with Gasteiger partial charge >= 0.3 is 0 Å². The molecule has 32 heavy (non-hydrogen) atoms. The minimum Gasteiger partial charge on any atom is -0.155 e. The highest BCUT2D eigenvalue weighted by atomic mass is 15.1. The van der Waals surface area contributed by atoms with Gasteiger partial charge in [0.1, 0.15) is 0 Å². The van der Waals surface area contributed by atoms with Gasteiger partial charge in [0.25, 0.3) is 0 Å². The predicted octanol–water partition coefficient (Wildman–Crippen LogP) is 9.51. The molecule has 0 unspecified atom stereocenters. The number of aromatic nitrogens is 2. The van der Waals surface area contributed by atoms with Crippen LogP contribution >= 0.6 is 0 Å². The van der Waals surface area contributed by atoms with E-state index in [9.17, 15) is 0 Å². The number of nitrogens with zero attached hydrogens (tertiary/aromatic N) is 2. The van der Waals surface area contributed by atoms with Crippen LogP contribution in [0.15, 0.2) is 36.4 Å². The molecule has 2 rings (SSSR count). The fourth-order valence-corrected chi connectivity index (χ4v) is 4.39. The molecule has 2 aromatic rings. The maximum Gasteiger partial charge on any atom is 0.0929 e. The average Bonchev–Trinajstić information content (AvgIpc) is 2.83. The molecule has 0 atom stereocenters. The zero-order valence-electron chi connectivity index (χ0n) is 21.1. The maximum atomic E-state index is 4.48. The van der Waals surface area contributed by atoms with Crippen LogP contribution in [0.1, 0.15) is 128 Å². The van der Waals surface area contributed by atoms with E-state index in [1.165, 1.54) is 120 Å². The number of unbranched alkanes of at least 4 members (excludes halogenated alkanes) is 14. The predicted molar refractivity (Wildman–Crippen MR) is 140 cm³/mol. The fraction of sp³-hybridized carbons (Fsp3) is 0.667. The third kappa shape index (κ3) is 11.8. The van der Waals surface area contributed by atoms with Crippen LogP contribution in [-0.2, 0) is 12.8 Å². The molecule has 0 aliphatic heterocycles. The lowest BCUT2D eigenvalue weighted by atomic mass is 10.0. The van der Waals surface area contributed by atoms with Gasteiger partial charge in [0.05, 0.1) is 11.4 Å². The van der Waals surface area contributed by atoms with Gasteiger partial charge < -0.3 is 0 Å². The number of rotatable bonds is 19. The van der Waals surface area contributed by atoms with Crippen molar-refractivity contribution >= 4 is 0 Å². The minimum absolute atomic E-state index is 0.988. The second-order valence-corrected chi connectivity index (χ2v) is 9.56. The molecule has 0 fully saturated rings. The number of aryl methyl sites for hydroxylation is 2. The molecule has 0 bridgehead atoms. The lowest BCUT2D eigenvalue weighted by Crippen LogP contribution is -1.95. The largest absolute Gasteiger partial charge is 0.155 e. The molecule has 0 spiro atoms. The Morgan fingerprint density at radius 2 is 0.969 bits per heavy atom. The number of benzene rings is 1. The topological polar surface area (TPSA) is 25.8 Å². The molecule has 0 N–H and O–H groups in total. The molecule has 178 valence electrons. The van der Waals surface area contributed by atoms with Crippen LogP contribution in [0.3, 0.4) is 0 Å². The minimum atomic E-state index is 0.988. The Morgan fingerprint density at radius 1 is 0.469 bits per heavy atom. The van der Waals surface area contributed by atoms with Crippen molar-refractivity contribution in [1.82, 2.24) is 10.2 Å². The van der Waals surface area contributed by atoms with Gasteiger partial charge in [0, 0.05) is 5.56 Å². The zero-order chi connectivity index (χ0) is 22.7. The summed E-state index contributed by atoms with van der Waals surface area (Å²) in [6.07, 6.45) is 24.2. The summed E-state index contributed by atoms with van der Waals surface area (Å²) in [4.78, 5) is 0. The van der Waals surface area contributed by atoms with Crippen LogP contribution in [0.5, 0.6) is 0 Å². The van der Waals surface area contributed by atoms with Crippen molar-refractivity contribution in [1.29, 1.82) is 0 Å². The van der Waals surface area contributed by atoms with Crippen LogP contribution in [-0.4, -0.2) is 10.2 Å². The van der Waals surface area contributed by atoms with Crippen LogP contribution in [0.25, 0.3) is 11.3 Å². The van der Waals surface area contributed by atoms with Crippen LogP contribution < -0.4 is 0 Å². The Bertz CT molecular complexity index is 675. The molecule has 0 aliphatic carbocycles. The van der Waals surface area contributed by atoms with Crippen molar-refractivity contribution in [2.45, 2.75) is 129 Å². The quantitative estimate of drug-likeness (QED) is 0.205. The molecule has 0 saturated heterocycles. The summed E-state index contributed by atoms with van der Waals surface area (Å²) in [6.45, 7) is 4.56. The van der Waals surface area contributed by atoms with Crippen molar-refractivity contribution < 1.29 is 0 Å². The van der Waals surface area contributed by atoms with E-state index in [0.717, 1.165) is 17.8 Å². The molecular formula is C30H48N2. The van der Waals surface area contributed by atoms with Gasteiger partial charge in [-0.3, -0.25) is 0 Å². The summed E-state index contributed by atoms with van der Waals surface area (Å²) in [6, 6.07) is 13.3. The Balaban J connectivity index is 1.59. The van der Waals surface area contributed by atoms with E-state index in [2.05, 4.69) is 60.4 Å². The Morgan fingerprint density at radius 3 is 1.47 bits per heavy atom. The monoisotopic (exact) mass is 436 g/mol. The van der Waals surface area contributed by atoms with Crippen LogP contribution in [0.4, 0.5) is 0 Å². The van der Waals surface area contributed by atoms with Crippen molar-refractivity contribution in [2.75, 3.05) is 0 Å². The van der Waals surface area contributed by atoms with Crippen molar-refractivity contribution in [3.8, 4) is 11.3 Å². The molecule has 1 aromatic carbocycles. The van der Waals surface area contributed by atoms with E-state index in [-0.39, 0.29) is 0 Å². The van der Waals surface area contributed by atoms with Gasteiger partial charge in [0.15, 0.2) is 0 Å². The first-order valence-electron chi connectivity index (χ1n) is 13.8. The number of hydrogen-bond acceptors (Lipinski definition) is 2. The van der Waals surface area contributed by atoms with E-state index < -0.39 is 0 Å². The summed E-state index contributed by atoms with van der Waals surface area (Å²) < 4.78 is 0. The lowest BCUT2D eigenvalue weighted by molar-refractivity contribution is 0.556. The smallest absolute Gasteiger partial charge is 0.0929 e. The molecule has 0 saturated carbocycles. The summed E-state index contributed by atoms with van der Waals surface area (Å²) >= 11 is 0. The Kier molecular flexibility index (Phi) is 14.8. The average molecular weight is 437 g/mol.